The Morgan fingerprint density at radius 1 is 0.581 bits per heavy atom. The van der Waals surface area contributed by atoms with Gasteiger partial charge in [-0.3, -0.25) is 9.36 Å². The van der Waals surface area contributed by atoms with Gasteiger partial charge in [0.05, 0.1) is 39.9 Å². The van der Waals surface area contributed by atoms with Crippen LogP contribution >= 0.6 is 7.82 Å². The molecule has 0 aromatic heterocycles. The Balaban J connectivity index is 4.32. The van der Waals surface area contributed by atoms with E-state index < -0.39 is 26.6 Å². The third kappa shape index (κ3) is 44.7. The highest BCUT2D eigenvalue weighted by atomic mass is 31.2. The van der Waals surface area contributed by atoms with Crippen molar-refractivity contribution >= 4 is 13.7 Å². The lowest BCUT2D eigenvalue weighted by Crippen LogP contribution is -2.45. The van der Waals surface area contributed by atoms with Crippen molar-refractivity contribution in [3.8, 4) is 0 Å². The van der Waals surface area contributed by atoms with Crippen molar-refractivity contribution in [3.05, 3.63) is 134 Å². The molecule has 0 aliphatic carbocycles. The largest absolute Gasteiger partial charge is 0.756 e. The minimum atomic E-state index is -4.61. The number of hydrogen-bond acceptors (Lipinski definition) is 6. The van der Waals surface area contributed by atoms with Gasteiger partial charge < -0.3 is 28.8 Å². The lowest BCUT2D eigenvalue weighted by Gasteiger charge is -2.29. The number of carbonyl (C=O) groups is 1. The predicted molar refractivity (Wildman–Crippen MR) is 265 cm³/mol. The summed E-state index contributed by atoms with van der Waals surface area (Å²) in [5, 5.41) is 13.7. The van der Waals surface area contributed by atoms with Gasteiger partial charge in [-0.05, 0) is 103 Å². The maximum absolute atomic E-state index is 12.8. The average Bonchev–Trinajstić information content (AvgIpc) is 3.23. The fourth-order valence-electron chi connectivity index (χ4n) is 5.63. The normalized spacial score (nSPS) is 15.4. The summed E-state index contributed by atoms with van der Waals surface area (Å²) in [6.07, 6.45) is 65.3. The van der Waals surface area contributed by atoms with Gasteiger partial charge in [0.2, 0.25) is 5.91 Å². The molecule has 0 radical (unpaired) electrons. The molecule has 0 rings (SSSR count). The molecule has 0 aromatic carbocycles. The monoisotopic (exact) mass is 879 g/mol. The molecule has 3 atom stereocenters. The van der Waals surface area contributed by atoms with Crippen molar-refractivity contribution in [1.82, 2.24) is 5.32 Å². The average molecular weight is 879 g/mol. The van der Waals surface area contributed by atoms with Gasteiger partial charge in [-0.1, -0.05) is 167 Å². The van der Waals surface area contributed by atoms with Gasteiger partial charge in [0.25, 0.3) is 7.82 Å². The molecular weight excluding hydrogens is 792 g/mol. The molecule has 0 spiro atoms. The predicted octanol–water partition coefficient (Wildman–Crippen LogP) is 13.0. The van der Waals surface area contributed by atoms with Crippen LogP contribution in [-0.4, -0.2) is 68.5 Å². The first-order chi connectivity index (χ1) is 30.0. The van der Waals surface area contributed by atoms with Gasteiger partial charge >= 0.3 is 0 Å². The zero-order valence-electron chi connectivity index (χ0n) is 39.5. The van der Waals surface area contributed by atoms with Gasteiger partial charge in [-0.15, -0.1) is 0 Å². The maximum atomic E-state index is 12.8. The molecule has 8 nitrogen and oxygen atoms in total. The first-order valence-electron chi connectivity index (χ1n) is 23.5. The molecule has 350 valence electrons. The van der Waals surface area contributed by atoms with E-state index >= 15 is 0 Å². The number of likely N-dealkylation sites (N-methyl/N-ethyl adjacent to an activating group) is 1. The molecule has 3 unspecified atom stereocenters. The molecule has 0 aromatic rings. The number of phosphoric ester groups is 1. The van der Waals surface area contributed by atoms with E-state index in [1.807, 2.05) is 27.2 Å². The van der Waals surface area contributed by atoms with Crippen LogP contribution in [0.3, 0.4) is 0 Å². The molecule has 0 fully saturated rings. The standard InChI is InChI=1S/C53H87N2O6P/c1-6-8-10-12-14-16-17-18-19-20-21-22-23-24-25-26-27-28-29-30-31-32-33-34-35-36-37-39-41-43-45-47-53(57)54-51(50-61-62(58,59)60-49-48-55(3,4)5)52(56)46-44-42-40-38-15-13-11-9-7-2/h8,10,14-16,18-19,21-22,24-25,27-28,30-31,33-34,36-38,44,46,51-52,56H,6-7,9,11-13,17,20,23,26,29,32,35,39-43,45,47-50H2,1-5H3,(H-,54,57,58,59)/b10-8-,16-14-,19-18-,22-21-,25-24-,28-27-,31-30-,34-33-,37-36-,38-15+,46-44+. The van der Waals surface area contributed by atoms with Crippen LogP contribution in [0.1, 0.15) is 142 Å². The highest BCUT2D eigenvalue weighted by molar-refractivity contribution is 7.45. The minimum absolute atomic E-state index is 0.0218. The maximum Gasteiger partial charge on any atom is 0.268 e. The Bertz CT molecular complexity index is 1460. The summed E-state index contributed by atoms with van der Waals surface area (Å²) in [5.41, 5.74) is 0. The summed E-state index contributed by atoms with van der Waals surface area (Å²) in [6.45, 7) is 4.38. The number of nitrogens with one attached hydrogen (secondary N) is 1. The van der Waals surface area contributed by atoms with Crippen LogP contribution in [0.2, 0.25) is 0 Å². The van der Waals surface area contributed by atoms with Crippen molar-refractivity contribution in [2.75, 3.05) is 40.9 Å². The number of rotatable bonds is 40. The molecule has 1 amide bonds. The second-order valence-electron chi connectivity index (χ2n) is 16.4. The Kier molecular flexibility index (Phi) is 40.6. The van der Waals surface area contributed by atoms with Gasteiger partial charge in [0.15, 0.2) is 0 Å². The van der Waals surface area contributed by atoms with Crippen molar-refractivity contribution < 1.29 is 32.9 Å². The summed E-state index contributed by atoms with van der Waals surface area (Å²) in [5.74, 6) is -0.250. The van der Waals surface area contributed by atoms with E-state index in [1.54, 1.807) is 6.08 Å². The van der Waals surface area contributed by atoms with E-state index in [1.165, 1.54) is 19.3 Å². The molecule has 0 saturated heterocycles. The second-order valence-corrected chi connectivity index (χ2v) is 17.8. The van der Waals surface area contributed by atoms with Crippen molar-refractivity contribution in [3.63, 3.8) is 0 Å². The smallest absolute Gasteiger partial charge is 0.268 e. The lowest BCUT2D eigenvalue weighted by molar-refractivity contribution is -0.870. The number of carbonyl (C=O) groups excluding carboxylic acids is 1. The molecule has 0 bridgehead atoms. The number of quaternary nitrogens is 1. The lowest BCUT2D eigenvalue weighted by atomic mass is 10.1. The molecule has 2 N–H and O–H groups in total. The van der Waals surface area contributed by atoms with Crippen LogP contribution in [0.4, 0.5) is 0 Å². The molecule has 0 saturated carbocycles. The van der Waals surface area contributed by atoms with Crippen molar-refractivity contribution in [2.45, 2.75) is 154 Å². The Hall–Kier alpha value is -3.36. The highest BCUT2D eigenvalue weighted by Crippen LogP contribution is 2.38. The topological polar surface area (TPSA) is 108 Å². The van der Waals surface area contributed by atoms with E-state index in [4.69, 9.17) is 9.05 Å². The molecule has 9 heteroatoms. The number of unbranched alkanes of at least 4 members (excludes halogenated alkanes) is 7. The van der Waals surface area contributed by atoms with Crippen LogP contribution in [0.5, 0.6) is 0 Å². The Labute approximate surface area is 379 Å². The van der Waals surface area contributed by atoms with Crippen LogP contribution in [0.15, 0.2) is 134 Å². The van der Waals surface area contributed by atoms with Gasteiger partial charge in [0.1, 0.15) is 13.2 Å². The molecule has 0 aliphatic heterocycles. The number of aliphatic hydroxyl groups is 1. The van der Waals surface area contributed by atoms with Crippen LogP contribution in [0, 0.1) is 0 Å². The highest BCUT2D eigenvalue weighted by Gasteiger charge is 2.23. The summed E-state index contributed by atoms with van der Waals surface area (Å²) >= 11 is 0. The van der Waals surface area contributed by atoms with E-state index in [0.717, 1.165) is 96.3 Å². The van der Waals surface area contributed by atoms with Crippen LogP contribution < -0.4 is 10.2 Å². The fourth-order valence-corrected chi connectivity index (χ4v) is 6.35. The second kappa shape index (κ2) is 42.9. The molecular formula is C53H87N2O6P. The Morgan fingerprint density at radius 3 is 1.47 bits per heavy atom. The summed E-state index contributed by atoms with van der Waals surface area (Å²) in [7, 11) is 1.19. The van der Waals surface area contributed by atoms with Crippen LogP contribution in [-0.2, 0) is 18.4 Å². The Morgan fingerprint density at radius 2 is 1.00 bits per heavy atom. The van der Waals surface area contributed by atoms with Gasteiger partial charge in [-0.25, -0.2) is 0 Å². The molecule has 62 heavy (non-hydrogen) atoms. The van der Waals surface area contributed by atoms with Gasteiger partial charge in [-0.2, -0.15) is 0 Å². The van der Waals surface area contributed by atoms with Crippen LogP contribution in [0.25, 0.3) is 0 Å². The van der Waals surface area contributed by atoms with E-state index in [-0.39, 0.29) is 18.9 Å². The van der Waals surface area contributed by atoms with E-state index in [9.17, 15) is 19.4 Å². The zero-order chi connectivity index (χ0) is 45.7. The third-order valence-electron chi connectivity index (χ3n) is 9.34. The first kappa shape index (κ1) is 58.6. The van der Waals surface area contributed by atoms with Crippen molar-refractivity contribution in [1.29, 1.82) is 0 Å². The molecule has 0 heterocycles. The number of hydrogen-bond donors (Lipinski definition) is 2. The number of nitrogens with zero attached hydrogens (tertiary/aromatic N) is 1. The summed E-state index contributed by atoms with van der Waals surface area (Å²) in [4.78, 5) is 25.2. The summed E-state index contributed by atoms with van der Waals surface area (Å²) < 4.78 is 23.1. The van der Waals surface area contributed by atoms with Crippen molar-refractivity contribution in [2.24, 2.45) is 0 Å². The number of aliphatic hydroxyl groups excluding tert-OH is 1. The van der Waals surface area contributed by atoms with Gasteiger partial charge in [0, 0.05) is 6.42 Å². The number of amides is 1. The SMILES string of the molecule is CC/C=C\C/C=C\C/C=C\C/C=C\C/C=C\C/C=C\C/C=C\C/C=C\C/C=C\CCCCCC(=O)NC(COP(=O)([O-])OCC[N+](C)(C)C)C(O)/C=C/CC/C=C/CCCCC. The summed E-state index contributed by atoms with van der Waals surface area (Å²) in [6, 6.07) is -0.929. The zero-order valence-corrected chi connectivity index (χ0v) is 40.4. The van der Waals surface area contributed by atoms with E-state index in [2.05, 4.69) is 141 Å². The third-order valence-corrected chi connectivity index (χ3v) is 10.3. The molecule has 0 aliphatic rings. The quantitative estimate of drug-likeness (QED) is 0.0275. The number of phosphoric acid groups is 1. The van der Waals surface area contributed by atoms with E-state index in [0.29, 0.717) is 17.4 Å². The fraction of sp³-hybridized carbons (Fsp3) is 0.566. The number of allylic oxidation sites excluding steroid dienone is 21. The first-order valence-corrected chi connectivity index (χ1v) is 25.0. The minimum Gasteiger partial charge on any atom is -0.756 e.